The number of methoxy groups -OCH3 is 1. The molecule has 0 aromatic carbocycles. The first-order valence-corrected chi connectivity index (χ1v) is 3.46. The molecule has 0 N–H and O–H groups in total. The third-order valence-corrected chi connectivity index (χ3v) is 2.35. The van der Waals surface area contributed by atoms with Crippen LogP contribution in [0.15, 0.2) is 0 Å². The summed E-state index contributed by atoms with van der Waals surface area (Å²) in [6.45, 7) is 2.57. The van der Waals surface area contributed by atoms with E-state index in [1.165, 1.54) is 0 Å². The maximum atomic E-state index is 5.87. The van der Waals surface area contributed by atoms with Gasteiger partial charge in [-0.2, -0.15) is 0 Å². The van der Waals surface area contributed by atoms with Crippen molar-refractivity contribution in [3.8, 4) is 0 Å². The van der Waals surface area contributed by atoms with Gasteiger partial charge in [0.1, 0.15) is 0 Å². The van der Waals surface area contributed by atoms with Crippen molar-refractivity contribution in [3.05, 3.63) is 0 Å². The van der Waals surface area contributed by atoms with Gasteiger partial charge in [0.15, 0.2) is 5.79 Å². The molecule has 1 saturated heterocycles. The molecule has 2 unspecified atom stereocenters. The lowest BCUT2D eigenvalue weighted by molar-refractivity contribution is -0.176. The quantitative estimate of drug-likeness (QED) is 0.526. The molecule has 0 spiro atoms. The summed E-state index contributed by atoms with van der Waals surface area (Å²) in [5.41, 5.74) is 0. The third-order valence-electron chi connectivity index (χ3n) is 1.73. The molecule has 2 nitrogen and oxygen atoms in total. The molecule has 0 aromatic rings. The van der Waals surface area contributed by atoms with Gasteiger partial charge >= 0.3 is 0 Å². The van der Waals surface area contributed by atoms with Gasteiger partial charge in [0.2, 0.25) is 0 Å². The van der Waals surface area contributed by atoms with E-state index in [4.69, 9.17) is 21.1 Å². The van der Waals surface area contributed by atoms with E-state index in [0.717, 1.165) is 6.42 Å². The molecule has 1 aliphatic rings. The minimum absolute atomic E-state index is 0.00231. The van der Waals surface area contributed by atoms with Gasteiger partial charge in [0, 0.05) is 7.11 Å². The molecule has 1 heterocycles. The lowest BCUT2D eigenvalue weighted by atomic mass is 10.2. The molecule has 54 valence electrons. The van der Waals surface area contributed by atoms with Gasteiger partial charge in [0.25, 0.3) is 0 Å². The van der Waals surface area contributed by atoms with E-state index in [0.29, 0.717) is 6.61 Å². The van der Waals surface area contributed by atoms with Gasteiger partial charge in [-0.25, -0.2) is 0 Å². The Bertz CT molecular complexity index is 107. The van der Waals surface area contributed by atoms with Gasteiger partial charge in [-0.05, 0) is 13.3 Å². The van der Waals surface area contributed by atoms with E-state index in [9.17, 15) is 0 Å². The maximum absolute atomic E-state index is 5.87. The fourth-order valence-corrected chi connectivity index (χ4v) is 1.15. The Hall–Kier alpha value is 0.210. The molecule has 0 aliphatic carbocycles. The summed E-state index contributed by atoms with van der Waals surface area (Å²) in [6, 6.07) is 0. The van der Waals surface area contributed by atoms with E-state index in [-0.39, 0.29) is 5.38 Å². The van der Waals surface area contributed by atoms with Crippen molar-refractivity contribution in [2.45, 2.75) is 24.5 Å². The van der Waals surface area contributed by atoms with E-state index in [1.54, 1.807) is 7.11 Å². The highest BCUT2D eigenvalue weighted by atomic mass is 35.5. The zero-order valence-electron chi connectivity index (χ0n) is 5.69. The largest absolute Gasteiger partial charge is 0.352 e. The van der Waals surface area contributed by atoms with Crippen LogP contribution >= 0.6 is 11.6 Å². The average Bonchev–Trinajstić information content (AvgIpc) is 2.15. The van der Waals surface area contributed by atoms with Crippen LogP contribution in [0.25, 0.3) is 0 Å². The van der Waals surface area contributed by atoms with Crippen LogP contribution in [0, 0.1) is 0 Å². The number of hydrogen-bond acceptors (Lipinski definition) is 2. The van der Waals surface area contributed by atoms with Crippen molar-refractivity contribution < 1.29 is 9.47 Å². The van der Waals surface area contributed by atoms with Crippen LogP contribution in [-0.4, -0.2) is 24.9 Å². The van der Waals surface area contributed by atoms with Crippen molar-refractivity contribution in [2.75, 3.05) is 13.7 Å². The number of alkyl halides is 1. The van der Waals surface area contributed by atoms with Crippen molar-refractivity contribution >= 4 is 11.6 Å². The number of ether oxygens (including phenoxy) is 2. The summed E-state index contributed by atoms with van der Waals surface area (Å²) in [4.78, 5) is 0. The second kappa shape index (κ2) is 2.45. The zero-order valence-corrected chi connectivity index (χ0v) is 6.44. The first kappa shape index (κ1) is 7.32. The van der Waals surface area contributed by atoms with E-state index in [1.807, 2.05) is 6.92 Å². The fraction of sp³-hybridized carbons (Fsp3) is 1.00. The second-order valence-corrected chi connectivity index (χ2v) is 2.85. The lowest BCUT2D eigenvalue weighted by Gasteiger charge is -2.24. The highest BCUT2D eigenvalue weighted by Gasteiger charge is 2.38. The van der Waals surface area contributed by atoms with Crippen LogP contribution < -0.4 is 0 Å². The van der Waals surface area contributed by atoms with Gasteiger partial charge in [-0.15, -0.1) is 11.6 Å². The molecule has 0 saturated carbocycles. The van der Waals surface area contributed by atoms with Crippen LogP contribution in [0.2, 0.25) is 0 Å². The van der Waals surface area contributed by atoms with Crippen molar-refractivity contribution in [2.24, 2.45) is 0 Å². The Balaban J connectivity index is 2.56. The van der Waals surface area contributed by atoms with E-state index >= 15 is 0 Å². The number of rotatable bonds is 1. The molecule has 2 atom stereocenters. The van der Waals surface area contributed by atoms with Gasteiger partial charge < -0.3 is 9.47 Å². The average molecular weight is 151 g/mol. The van der Waals surface area contributed by atoms with Gasteiger partial charge in [0.05, 0.1) is 12.0 Å². The lowest BCUT2D eigenvalue weighted by Crippen LogP contribution is -2.34. The monoisotopic (exact) mass is 150 g/mol. The number of hydrogen-bond donors (Lipinski definition) is 0. The summed E-state index contributed by atoms with van der Waals surface area (Å²) >= 11 is 5.87. The smallest absolute Gasteiger partial charge is 0.181 e. The Labute approximate surface area is 60.1 Å². The van der Waals surface area contributed by atoms with Crippen LogP contribution in [0.5, 0.6) is 0 Å². The van der Waals surface area contributed by atoms with Crippen molar-refractivity contribution in [1.29, 1.82) is 0 Å². The molecule has 1 fully saturated rings. The molecule has 1 aliphatic heterocycles. The fourth-order valence-electron chi connectivity index (χ4n) is 0.904. The molecule has 0 bridgehead atoms. The molecule has 3 heteroatoms. The minimum atomic E-state index is -0.540. The van der Waals surface area contributed by atoms with Gasteiger partial charge in [-0.1, -0.05) is 0 Å². The normalized spacial score (nSPS) is 43.7. The van der Waals surface area contributed by atoms with Crippen LogP contribution in [0.3, 0.4) is 0 Å². The summed E-state index contributed by atoms with van der Waals surface area (Å²) in [7, 11) is 1.61. The molecule has 0 aromatic heterocycles. The highest BCUT2D eigenvalue weighted by Crippen LogP contribution is 2.30. The standard InChI is InChI=1S/C6H11ClO2/c1-6(8-2)5(7)3-4-9-6/h5H,3-4H2,1-2H3. The SMILES string of the molecule is COC1(C)OCCC1Cl. The summed E-state index contributed by atoms with van der Waals surface area (Å²) < 4.78 is 10.3. The summed E-state index contributed by atoms with van der Waals surface area (Å²) in [5.74, 6) is -0.540. The Kier molecular flexibility index (Phi) is 1.99. The predicted octanol–water partition coefficient (Wildman–Crippen LogP) is 1.38. The van der Waals surface area contributed by atoms with E-state index in [2.05, 4.69) is 0 Å². The molecule has 1 rings (SSSR count). The zero-order chi connectivity index (χ0) is 6.91. The topological polar surface area (TPSA) is 18.5 Å². The molecular formula is C6H11ClO2. The Morgan fingerprint density at radius 2 is 2.44 bits per heavy atom. The maximum Gasteiger partial charge on any atom is 0.181 e. The van der Waals surface area contributed by atoms with Crippen molar-refractivity contribution in [3.63, 3.8) is 0 Å². The third kappa shape index (κ3) is 1.20. The predicted molar refractivity (Wildman–Crippen MR) is 35.6 cm³/mol. The summed E-state index contributed by atoms with van der Waals surface area (Å²) in [5, 5.41) is 0.00231. The number of halogens is 1. The van der Waals surface area contributed by atoms with Crippen LogP contribution in [0.4, 0.5) is 0 Å². The van der Waals surface area contributed by atoms with Crippen LogP contribution in [0.1, 0.15) is 13.3 Å². The van der Waals surface area contributed by atoms with Crippen molar-refractivity contribution in [1.82, 2.24) is 0 Å². The first-order chi connectivity index (χ1) is 4.19. The van der Waals surface area contributed by atoms with Gasteiger partial charge in [-0.3, -0.25) is 0 Å². The second-order valence-electron chi connectivity index (χ2n) is 2.32. The van der Waals surface area contributed by atoms with E-state index < -0.39 is 5.79 Å². The Morgan fingerprint density at radius 1 is 1.78 bits per heavy atom. The molecule has 0 radical (unpaired) electrons. The highest BCUT2D eigenvalue weighted by molar-refractivity contribution is 6.21. The molecule has 0 amide bonds. The Morgan fingerprint density at radius 3 is 2.67 bits per heavy atom. The molecular weight excluding hydrogens is 140 g/mol. The van der Waals surface area contributed by atoms with Crippen LogP contribution in [-0.2, 0) is 9.47 Å². The first-order valence-electron chi connectivity index (χ1n) is 3.02. The summed E-state index contributed by atoms with van der Waals surface area (Å²) in [6.07, 6.45) is 0.881. The minimum Gasteiger partial charge on any atom is -0.352 e. The molecule has 9 heavy (non-hydrogen) atoms.